The molecule has 33 heavy (non-hydrogen) atoms. The molecule has 3 aromatic rings. The molecule has 0 aliphatic heterocycles. The SMILES string of the molecule is CCC(NC(=O)CN(c1ccc(C)c(Cl)c1)S(=O)(=O)c1ccccc1)c1ccc(OC)cc1. The van der Waals surface area contributed by atoms with Gasteiger partial charge in [-0.25, -0.2) is 8.42 Å². The lowest BCUT2D eigenvalue weighted by Crippen LogP contribution is -2.42. The third-order valence-electron chi connectivity index (χ3n) is 5.32. The predicted molar refractivity (Wildman–Crippen MR) is 131 cm³/mol. The Bertz CT molecular complexity index is 1200. The van der Waals surface area contributed by atoms with Crippen LogP contribution in [0.3, 0.4) is 0 Å². The number of methoxy groups -OCH3 is 1. The lowest BCUT2D eigenvalue weighted by atomic mass is 10.0. The summed E-state index contributed by atoms with van der Waals surface area (Å²) in [4.78, 5) is 13.1. The maximum absolute atomic E-state index is 13.4. The van der Waals surface area contributed by atoms with Crippen LogP contribution >= 0.6 is 11.6 Å². The van der Waals surface area contributed by atoms with E-state index in [-0.39, 0.29) is 17.5 Å². The number of nitrogens with one attached hydrogen (secondary N) is 1. The highest BCUT2D eigenvalue weighted by Crippen LogP contribution is 2.28. The molecule has 0 saturated heterocycles. The minimum atomic E-state index is -4.00. The Kier molecular flexibility index (Phi) is 8.00. The van der Waals surface area contributed by atoms with E-state index in [0.717, 1.165) is 21.2 Å². The Labute approximate surface area is 200 Å². The number of nitrogens with zero attached hydrogens (tertiary/aromatic N) is 1. The summed E-state index contributed by atoms with van der Waals surface area (Å²) in [5, 5.41) is 3.37. The number of ether oxygens (including phenoxy) is 1. The second kappa shape index (κ2) is 10.7. The second-order valence-electron chi connectivity index (χ2n) is 7.56. The van der Waals surface area contributed by atoms with Crippen molar-refractivity contribution in [2.24, 2.45) is 0 Å². The molecule has 174 valence electrons. The Morgan fingerprint density at radius 1 is 1.06 bits per heavy atom. The van der Waals surface area contributed by atoms with Crippen LogP contribution in [0.5, 0.6) is 5.75 Å². The Balaban J connectivity index is 1.90. The van der Waals surface area contributed by atoms with Gasteiger partial charge in [0.15, 0.2) is 0 Å². The smallest absolute Gasteiger partial charge is 0.264 e. The van der Waals surface area contributed by atoms with Crippen molar-refractivity contribution in [3.05, 3.63) is 88.9 Å². The fourth-order valence-corrected chi connectivity index (χ4v) is 5.01. The minimum absolute atomic E-state index is 0.0942. The fourth-order valence-electron chi connectivity index (χ4n) is 3.40. The summed E-state index contributed by atoms with van der Waals surface area (Å²) in [6.45, 7) is 3.40. The van der Waals surface area contributed by atoms with E-state index in [9.17, 15) is 13.2 Å². The number of aryl methyl sites for hydroxylation is 1. The third-order valence-corrected chi connectivity index (χ3v) is 7.52. The van der Waals surface area contributed by atoms with Crippen molar-refractivity contribution in [2.75, 3.05) is 18.0 Å². The molecule has 0 aliphatic rings. The van der Waals surface area contributed by atoms with Crippen LogP contribution in [0.15, 0.2) is 77.7 Å². The number of sulfonamides is 1. The molecule has 1 unspecified atom stereocenters. The summed E-state index contributed by atoms with van der Waals surface area (Å²) >= 11 is 6.27. The number of hydrogen-bond acceptors (Lipinski definition) is 4. The first-order valence-electron chi connectivity index (χ1n) is 10.5. The van der Waals surface area contributed by atoms with Crippen LogP contribution in [0.2, 0.25) is 5.02 Å². The van der Waals surface area contributed by atoms with Gasteiger partial charge in [-0.05, 0) is 60.9 Å². The van der Waals surface area contributed by atoms with Gasteiger partial charge in [0, 0.05) is 5.02 Å². The van der Waals surface area contributed by atoms with Gasteiger partial charge in [0.1, 0.15) is 12.3 Å². The summed E-state index contributed by atoms with van der Waals surface area (Å²) in [5.41, 5.74) is 2.04. The molecule has 0 saturated carbocycles. The monoisotopic (exact) mass is 486 g/mol. The molecule has 1 atom stereocenters. The molecule has 3 rings (SSSR count). The topological polar surface area (TPSA) is 75.7 Å². The molecule has 0 heterocycles. The number of rotatable bonds is 9. The highest BCUT2D eigenvalue weighted by molar-refractivity contribution is 7.92. The van der Waals surface area contributed by atoms with E-state index in [1.807, 2.05) is 38.1 Å². The standard InChI is InChI=1S/C25H27ClN2O4S/c1-4-24(19-11-14-21(32-3)15-12-19)27-25(29)17-28(20-13-10-18(2)23(26)16-20)33(30,31)22-8-6-5-7-9-22/h5-16,24H,4,17H2,1-3H3,(H,27,29). The maximum atomic E-state index is 13.4. The average molecular weight is 487 g/mol. The largest absolute Gasteiger partial charge is 0.497 e. The summed E-state index contributed by atoms with van der Waals surface area (Å²) in [6.07, 6.45) is 0.639. The van der Waals surface area contributed by atoms with Crippen LogP contribution in [0.4, 0.5) is 5.69 Å². The molecule has 0 fully saturated rings. The van der Waals surface area contributed by atoms with E-state index in [1.165, 1.54) is 12.1 Å². The zero-order valence-corrected chi connectivity index (χ0v) is 20.4. The second-order valence-corrected chi connectivity index (χ2v) is 9.83. The van der Waals surface area contributed by atoms with Crippen molar-refractivity contribution >= 4 is 33.2 Å². The van der Waals surface area contributed by atoms with Crippen LogP contribution in [0.1, 0.15) is 30.5 Å². The van der Waals surface area contributed by atoms with Crippen LogP contribution in [0.25, 0.3) is 0 Å². The summed E-state index contributed by atoms with van der Waals surface area (Å²) in [5.74, 6) is 0.296. The summed E-state index contributed by atoms with van der Waals surface area (Å²) in [6, 6.07) is 20.1. The van der Waals surface area contributed by atoms with Gasteiger partial charge >= 0.3 is 0 Å². The molecule has 8 heteroatoms. The van der Waals surface area contributed by atoms with E-state index in [4.69, 9.17) is 16.3 Å². The lowest BCUT2D eigenvalue weighted by molar-refractivity contribution is -0.120. The number of benzene rings is 3. The van der Waals surface area contributed by atoms with Crippen molar-refractivity contribution < 1.29 is 17.9 Å². The van der Waals surface area contributed by atoms with Gasteiger partial charge in [0.2, 0.25) is 5.91 Å². The van der Waals surface area contributed by atoms with E-state index in [1.54, 1.807) is 43.5 Å². The quantitative estimate of drug-likeness (QED) is 0.455. The zero-order valence-electron chi connectivity index (χ0n) is 18.8. The molecule has 0 aliphatic carbocycles. The van der Waals surface area contributed by atoms with Gasteiger partial charge in [-0.3, -0.25) is 9.10 Å². The van der Waals surface area contributed by atoms with Gasteiger partial charge in [0.25, 0.3) is 10.0 Å². The number of carbonyl (C=O) groups excluding carboxylic acids is 1. The van der Waals surface area contributed by atoms with Crippen molar-refractivity contribution in [2.45, 2.75) is 31.2 Å². The first kappa shape index (κ1) is 24.6. The van der Waals surface area contributed by atoms with Crippen molar-refractivity contribution in [3.63, 3.8) is 0 Å². The Morgan fingerprint density at radius 2 is 1.73 bits per heavy atom. The van der Waals surface area contributed by atoms with Crippen LogP contribution in [-0.4, -0.2) is 28.0 Å². The zero-order chi connectivity index (χ0) is 24.0. The minimum Gasteiger partial charge on any atom is -0.497 e. The normalized spacial score (nSPS) is 12.1. The van der Waals surface area contributed by atoms with Crippen LogP contribution in [0, 0.1) is 6.92 Å². The van der Waals surface area contributed by atoms with Gasteiger partial charge < -0.3 is 10.1 Å². The number of hydrogen-bond donors (Lipinski definition) is 1. The molecule has 1 N–H and O–H groups in total. The number of amides is 1. The van der Waals surface area contributed by atoms with Gasteiger partial charge in [-0.15, -0.1) is 0 Å². The molecule has 1 amide bonds. The molecular weight excluding hydrogens is 460 g/mol. The van der Waals surface area contributed by atoms with E-state index in [2.05, 4.69) is 5.32 Å². The van der Waals surface area contributed by atoms with Crippen molar-refractivity contribution in [1.29, 1.82) is 0 Å². The number of carbonyl (C=O) groups is 1. The average Bonchev–Trinajstić information content (AvgIpc) is 2.83. The third kappa shape index (κ3) is 5.86. The molecule has 3 aromatic carbocycles. The molecule has 0 radical (unpaired) electrons. The summed E-state index contributed by atoms with van der Waals surface area (Å²) < 4.78 is 33.2. The maximum Gasteiger partial charge on any atom is 0.264 e. The fraction of sp³-hybridized carbons (Fsp3) is 0.240. The first-order valence-corrected chi connectivity index (χ1v) is 12.3. The van der Waals surface area contributed by atoms with E-state index < -0.39 is 15.9 Å². The van der Waals surface area contributed by atoms with E-state index >= 15 is 0 Å². The van der Waals surface area contributed by atoms with Crippen LogP contribution in [-0.2, 0) is 14.8 Å². The Hall–Kier alpha value is -3.03. The van der Waals surface area contributed by atoms with Gasteiger partial charge in [-0.1, -0.05) is 54.9 Å². The highest BCUT2D eigenvalue weighted by Gasteiger charge is 2.28. The Morgan fingerprint density at radius 3 is 2.30 bits per heavy atom. The van der Waals surface area contributed by atoms with E-state index in [0.29, 0.717) is 17.1 Å². The molecule has 0 aromatic heterocycles. The highest BCUT2D eigenvalue weighted by atomic mass is 35.5. The van der Waals surface area contributed by atoms with Gasteiger partial charge in [-0.2, -0.15) is 0 Å². The molecule has 0 bridgehead atoms. The van der Waals surface area contributed by atoms with Gasteiger partial charge in [0.05, 0.1) is 23.7 Å². The molecule has 0 spiro atoms. The van der Waals surface area contributed by atoms with Crippen LogP contribution < -0.4 is 14.4 Å². The first-order chi connectivity index (χ1) is 15.8. The molecule has 6 nitrogen and oxygen atoms in total. The summed E-state index contributed by atoms with van der Waals surface area (Å²) in [7, 11) is -2.41. The lowest BCUT2D eigenvalue weighted by Gasteiger charge is -2.26. The number of anilines is 1. The van der Waals surface area contributed by atoms with Crippen molar-refractivity contribution in [1.82, 2.24) is 5.32 Å². The number of halogens is 1. The molecular formula is C25H27ClN2O4S. The predicted octanol–water partition coefficient (Wildman–Crippen LogP) is 5.12. The van der Waals surface area contributed by atoms with Crippen molar-refractivity contribution in [3.8, 4) is 5.75 Å².